The van der Waals surface area contributed by atoms with E-state index in [2.05, 4.69) is 53.3 Å². The van der Waals surface area contributed by atoms with E-state index >= 15 is 0 Å². The van der Waals surface area contributed by atoms with E-state index in [0.717, 1.165) is 5.57 Å². The minimum atomic E-state index is 0.227. The van der Waals surface area contributed by atoms with Gasteiger partial charge in [0.05, 0.1) is 0 Å². The molecule has 0 N–H and O–H groups in total. The SMILES string of the molecule is C=C(C)/C=C(C)\C(=C\C)C(C)(C)C. The Hall–Kier alpha value is -0.780. The van der Waals surface area contributed by atoms with Crippen molar-refractivity contribution in [3.05, 3.63) is 35.5 Å². The van der Waals surface area contributed by atoms with Crippen LogP contribution in [0.3, 0.4) is 0 Å². The van der Waals surface area contributed by atoms with Gasteiger partial charge in [-0.15, -0.1) is 0 Å². The van der Waals surface area contributed by atoms with Crippen molar-refractivity contribution in [2.45, 2.75) is 41.5 Å². The molecule has 0 rings (SSSR count). The second-order valence-corrected chi connectivity index (χ2v) is 4.63. The van der Waals surface area contributed by atoms with E-state index in [-0.39, 0.29) is 5.41 Å². The van der Waals surface area contributed by atoms with Crippen molar-refractivity contribution in [3.8, 4) is 0 Å². The van der Waals surface area contributed by atoms with Crippen LogP contribution in [0.4, 0.5) is 0 Å². The topological polar surface area (TPSA) is 0 Å². The Labute approximate surface area is 83.0 Å². The van der Waals surface area contributed by atoms with Gasteiger partial charge in [0.1, 0.15) is 0 Å². The average molecular weight is 178 g/mol. The summed E-state index contributed by atoms with van der Waals surface area (Å²) in [5.74, 6) is 0. The molecule has 0 heterocycles. The summed E-state index contributed by atoms with van der Waals surface area (Å²) in [6, 6.07) is 0. The van der Waals surface area contributed by atoms with Gasteiger partial charge in [0, 0.05) is 0 Å². The van der Waals surface area contributed by atoms with Crippen LogP contribution in [-0.4, -0.2) is 0 Å². The molecular weight excluding hydrogens is 156 g/mol. The standard InChI is InChI=1S/C13H22/c1-8-12(13(5,6)7)11(4)9-10(2)3/h8-9H,2H2,1,3-7H3/b11-9-,12-8-. The smallest absolute Gasteiger partial charge is 0.0132 e. The molecule has 0 fully saturated rings. The maximum absolute atomic E-state index is 3.89. The van der Waals surface area contributed by atoms with Crippen LogP contribution in [0, 0.1) is 5.41 Å². The van der Waals surface area contributed by atoms with Gasteiger partial charge in [-0.25, -0.2) is 0 Å². The van der Waals surface area contributed by atoms with Gasteiger partial charge in [0.2, 0.25) is 0 Å². The van der Waals surface area contributed by atoms with Crippen LogP contribution in [0.2, 0.25) is 0 Å². The van der Waals surface area contributed by atoms with E-state index in [4.69, 9.17) is 0 Å². The molecule has 0 nitrogen and oxygen atoms in total. The third kappa shape index (κ3) is 4.12. The minimum absolute atomic E-state index is 0.227. The van der Waals surface area contributed by atoms with Crippen LogP contribution in [0.5, 0.6) is 0 Å². The Morgan fingerprint density at radius 1 is 1.15 bits per heavy atom. The first kappa shape index (κ1) is 12.2. The summed E-state index contributed by atoms with van der Waals surface area (Å²) in [5, 5.41) is 0. The van der Waals surface area contributed by atoms with Gasteiger partial charge >= 0.3 is 0 Å². The highest BCUT2D eigenvalue weighted by atomic mass is 14.2. The van der Waals surface area contributed by atoms with Crippen molar-refractivity contribution in [3.63, 3.8) is 0 Å². The number of rotatable bonds is 2. The van der Waals surface area contributed by atoms with E-state index < -0.39 is 0 Å². The van der Waals surface area contributed by atoms with Gasteiger partial charge in [-0.1, -0.05) is 45.1 Å². The first-order chi connectivity index (χ1) is 5.79. The van der Waals surface area contributed by atoms with Crippen LogP contribution in [0.15, 0.2) is 35.5 Å². The zero-order chi connectivity index (χ0) is 10.6. The summed E-state index contributed by atoms with van der Waals surface area (Å²) in [7, 11) is 0. The van der Waals surface area contributed by atoms with Gasteiger partial charge in [-0.3, -0.25) is 0 Å². The predicted octanol–water partition coefficient (Wildman–Crippen LogP) is 4.50. The van der Waals surface area contributed by atoms with Crippen LogP contribution in [-0.2, 0) is 0 Å². The predicted molar refractivity (Wildman–Crippen MR) is 61.8 cm³/mol. The van der Waals surface area contributed by atoms with E-state index in [9.17, 15) is 0 Å². The number of allylic oxidation sites excluding steroid dienone is 5. The Balaban J connectivity index is 4.94. The van der Waals surface area contributed by atoms with Crippen molar-refractivity contribution in [2.24, 2.45) is 5.41 Å². The lowest BCUT2D eigenvalue weighted by molar-refractivity contribution is 0.509. The quantitative estimate of drug-likeness (QED) is 0.546. The van der Waals surface area contributed by atoms with E-state index in [1.165, 1.54) is 11.1 Å². The molecule has 0 aliphatic carbocycles. The highest BCUT2D eigenvalue weighted by Gasteiger charge is 2.16. The van der Waals surface area contributed by atoms with Gasteiger partial charge in [0.25, 0.3) is 0 Å². The molecule has 0 aromatic heterocycles. The largest absolute Gasteiger partial charge is 0.0961 e. The van der Waals surface area contributed by atoms with Crippen molar-refractivity contribution < 1.29 is 0 Å². The second-order valence-electron chi connectivity index (χ2n) is 4.63. The lowest BCUT2D eigenvalue weighted by Gasteiger charge is -2.23. The third-order valence-corrected chi connectivity index (χ3v) is 1.98. The Morgan fingerprint density at radius 2 is 1.62 bits per heavy atom. The van der Waals surface area contributed by atoms with Crippen molar-refractivity contribution in [1.82, 2.24) is 0 Å². The Bertz CT molecular complexity index is 244. The summed E-state index contributed by atoms with van der Waals surface area (Å²) in [5.41, 5.74) is 4.06. The van der Waals surface area contributed by atoms with Crippen molar-refractivity contribution in [2.75, 3.05) is 0 Å². The van der Waals surface area contributed by atoms with Crippen molar-refractivity contribution >= 4 is 0 Å². The fourth-order valence-corrected chi connectivity index (χ4v) is 1.70. The highest BCUT2D eigenvalue weighted by Crippen LogP contribution is 2.31. The molecule has 0 amide bonds. The molecule has 13 heavy (non-hydrogen) atoms. The first-order valence-electron chi connectivity index (χ1n) is 4.80. The molecule has 0 heteroatoms. The van der Waals surface area contributed by atoms with Crippen LogP contribution in [0.1, 0.15) is 41.5 Å². The van der Waals surface area contributed by atoms with Crippen molar-refractivity contribution in [1.29, 1.82) is 0 Å². The van der Waals surface area contributed by atoms with Gasteiger partial charge in [0.15, 0.2) is 0 Å². The number of hydrogen-bond donors (Lipinski definition) is 0. The van der Waals surface area contributed by atoms with Crippen LogP contribution >= 0.6 is 0 Å². The molecule has 0 aliphatic heterocycles. The average Bonchev–Trinajstić information content (AvgIpc) is 1.82. The third-order valence-electron chi connectivity index (χ3n) is 1.98. The summed E-state index contributed by atoms with van der Waals surface area (Å²) in [6.07, 6.45) is 4.33. The van der Waals surface area contributed by atoms with Gasteiger partial charge in [-0.2, -0.15) is 0 Å². The van der Waals surface area contributed by atoms with Gasteiger partial charge in [-0.05, 0) is 37.3 Å². The highest BCUT2D eigenvalue weighted by molar-refractivity contribution is 5.37. The number of hydrogen-bond acceptors (Lipinski definition) is 0. The summed E-state index contributed by atoms with van der Waals surface area (Å²) < 4.78 is 0. The van der Waals surface area contributed by atoms with Crippen LogP contribution in [0.25, 0.3) is 0 Å². The monoisotopic (exact) mass is 178 g/mol. The molecule has 0 saturated heterocycles. The zero-order valence-electron chi connectivity index (χ0n) is 9.86. The first-order valence-corrected chi connectivity index (χ1v) is 4.80. The minimum Gasteiger partial charge on any atom is -0.0961 e. The maximum Gasteiger partial charge on any atom is -0.0132 e. The van der Waals surface area contributed by atoms with E-state index in [0.29, 0.717) is 0 Å². The normalized spacial score (nSPS) is 14.6. The molecule has 0 atom stereocenters. The molecule has 0 aliphatic rings. The van der Waals surface area contributed by atoms with Gasteiger partial charge < -0.3 is 0 Å². The van der Waals surface area contributed by atoms with E-state index in [1.54, 1.807) is 0 Å². The molecule has 74 valence electrons. The molecular formula is C13H22. The lowest BCUT2D eigenvalue weighted by atomic mass is 9.82. The fourth-order valence-electron chi connectivity index (χ4n) is 1.70. The molecule has 0 aromatic rings. The molecule has 0 radical (unpaired) electrons. The summed E-state index contributed by atoms with van der Waals surface area (Å²) in [6.45, 7) is 16.9. The molecule has 0 aromatic carbocycles. The van der Waals surface area contributed by atoms with E-state index in [1.807, 2.05) is 6.92 Å². The molecule has 0 unspecified atom stereocenters. The molecule has 0 bridgehead atoms. The molecule has 0 saturated carbocycles. The van der Waals surface area contributed by atoms with Crippen LogP contribution < -0.4 is 0 Å². The molecule has 0 spiro atoms. The summed E-state index contributed by atoms with van der Waals surface area (Å²) in [4.78, 5) is 0. The summed E-state index contributed by atoms with van der Waals surface area (Å²) >= 11 is 0. The fraction of sp³-hybridized carbons (Fsp3) is 0.538. The Kier molecular flexibility index (Phi) is 4.19. The lowest BCUT2D eigenvalue weighted by Crippen LogP contribution is -2.10. The second kappa shape index (κ2) is 4.45. The Morgan fingerprint density at radius 3 is 1.85 bits per heavy atom. The zero-order valence-corrected chi connectivity index (χ0v) is 9.86. The maximum atomic E-state index is 3.89.